The number of nitrogens with one attached hydrogen (secondary N) is 1. The Hall–Kier alpha value is -1.60. The predicted octanol–water partition coefficient (Wildman–Crippen LogP) is 3.36. The highest BCUT2D eigenvalue weighted by Gasteiger charge is 2.14. The Balaban J connectivity index is 2.23. The molecule has 1 N–H and O–H groups in total. The van der Waals surface area contributed by atoms with E-state index >= 15 is 0 Å². The molecule has 0 atom stereocenters. The average Bonchev–Trinajstić information content (AvgIpc) is 2.76. The van der Waals surface area contributed by atoms with Crippen LogP contribution in [0.5, 0.6) is 0 Å². The van der Waals surface area contributed by atoms with Gasteiger partial charge in [-0.15, -0.1) is 0 Å². The number of sulfonamides is 1. The molecule has 0 saturated heterocycles. The van der Waals surface area contributed by atoms with Gasteiger partial charge in [0.25, 0.3) is 10.0 Å². The SMILES string of the molecule is C/C(=N/NS(=O)(=O)c1ccc(Br)cc1)c1cc(C)oc1C. The van der Waals surface area contributed by atoms with Gasteiger partial charge in [0.1, 0.15) is 11.5 Å². The summed E-state index contributed by atoms with van der Waals surface area (Å²) in [7, 11) is -3.68. The molecule has 2 rings (SSSR count). The molecule has 1 aromatic heterocycles. The van der Waals surface area contributed by atoms with E-state index in [9.17, 15) is 8.42 Å². The molecule has 0 aliphatic carbocycles. The number of aryl methyl sites for hydroxylation is 2. The summed E-state index contributed by atoms with van der Waals surface area (Å²) in [6, 6.07) is 8.15. The smallest absolute Gasteiger partial charge is 0.276 e. The summed E-state index contributed by atoms with van der Waals surface area (Å²) in [5.41, 5.74) is 1.33. The van der Waals surface area contributed by atoms with Gasteiger partial charge in [0.05, 0.1) is 10.6 Å². The van der Waals surface area contributed by atoms with E-state index in [0.29, 0.717) is 11.5 Å². The van der Waals surface area contributed by atoms with Gasteiger partial charge in [-0.2, -0.15) is 18.4 Å². The van der Waals surface area contributed by atoms with E-state index in [4.69, 9.17) is 4.42 Å². The molecule has 0 fully saturated rings. The Kier molecular flexibility index (Phi) is 4.53. The van der Waals surface area contributed by atoms with Crippen molar-refractivity contribution in [1.29, 1.82) is 0 Å². The molecule has 0 spiro atoms. The van der Waals surface area contributed by atoms with E-state index in [1.54, 1.807) is 19.1 Å². The van der Waals surface area contributed by atoms with Crippen LogP contribution in [0.1, 0.15) is 24.0 Å². The van der Waals surface area contributed by atoms with Crippen molar-refractivity contribution in [2.24, 2.45) is 5.10 Å². The van der Waals surface area contributed by atoms with Crippen LogP contribution in [0, 0.1) is 13.8 Å². The molecular formula is C14H15BrN2O3S. The lowest BCUT2D eigenvalue weighted by molar-refractivity contribution is 0.504. The van der Waals surface area contributed by atoms with Crippen molar-refractivity contribution in [3.63, 3.8) is 0 Å². The highest BCUT2D eigenvalue weighted by Crippen LogP contribution is 2.16. The van der Waals surface area contributed by atoms with E-state index in [1.165, 1.54) is 12.1 Å². The number of benzene rings is 1. The number of hydrogen-bond acceptors (Lipinski definition) is 4. The second-order valence-electron chi connectivity index (χ2n) is 4.57. The Morgan fingerprint density at radius 1 is 1.24 bits per heavy atom. The van der Waals surface area contributed by atoms with Crippen LogP contribution in [-0.2, 0) is 10.0 Å². The third kappa shape index (κ3) is 3.74. The first-order chi connectivity index (χ1) is 9.79. The monoisotopic (exact) mass is 370 g/mol. The van der Waals surface area contributed by atoms with Crippen molar-refractivity contribution in [3.8, 4) is 0 Å². The normalized spacial score (nSPS) is 12.5. The Labute approximate surface area is 132 Å². The molecular weight excluding hydrogens is 356 g/mol. The fraction of sp³-hybridized carbons (Fsp3) is 0.214. The van der Waals surface area contributed by atoms with E-state index in [-0.39, 0.29) is 4.90 Å². The van der Waals surface area contributed by atoms with Gasteiger partial charge in [-0.05, 0) is 51.1 Å². The highest BCUT2D eigenvalue weighted by atomic mass is 79.9. The third-order valence-corrected chi connectivity index (χ3v) is 4.64. The number of halogens is 1. The second kappa shape index (κ2) is 6.03. The lowest BCUT2D eigenvalue weighted by Crippen LogP contribution is -2.20. The topological polar surface area (TPSA) is 71.7 Å². The van der Waals surface area contributed by atoms with E-state index < -0.39 is 10.0 Å². The van der Waals surface area contributed by atoms with Gasteiger partial charge < -0.3 is 4.42 Å². The van der Waals surface area contributed by atoms with Crippen LogP contribution < -0.4 is 4.83 Å². The quantitative estimate of drug-likeness (QED) is 0.662. The first-order valence-corrected chi connectivity index (χ1v) is 8.46. The molecule has 0 aliphatic heterocycles. The van der Waals surface area contributed by atoms with Gasteiger partial charge in [-0.25, -0.2) is 0 Å². The summed E-state index contributed by atoms with van der Waals surface area (Å²) in [6.07, 6.45) is 0. The fourth-order valence-electron chi connectivity index (χ4n) is 1.85. The molecule has 0 bridgehead atoms. The molecule has 0 unspecified atom stereocenters. The van der Waals surface area contributed by atoms with Crippen LogP contribution >= 0.6 is 15.9 Å². The highest BCUT2D eigenvalue weighted by molar-refractivity contribution is 9.10. The summed E-state index contributed by atoms with van der Waals surface area (Å²) >= 11 is 3.26. The maximum absolute atomic E-state index is 12.1. The third-order valence-electron chi connectivity index (χ3n) is 2.89. The van der Waals surface area contributed by atoms with Crippen LogP contribution in [0.25, 0.3) is 0 Å². The molecule has 7 heteroatoms. The van der Waals surface area contributed by atoms with Crippen molar-refractivity contribution < 1.29 is 12.8 Å². The van der Waals surface area contributed by atoms with Gasteiger partial charge >= 0.3 is 0 Å². The molecule has 21 heavy (non-hydrogen) atoms. The molecule has 0 amide bonds. The van der Waals surface area contributed by atoms with Crippen LogP contribution in [-0.4, -0.2) is 14.1 Å². The molecule has 0 saturated carbocycles. The minimum absolute atomic E-state index is 0.155. The van der Waals surface area contributed by atoms with Crippen LogP contribution in [0.15, 0.2) is 49.2 Å². The molecule has 2 aromatic rings. The minimum atomic E-state index is -3.68. The van der Waals surface area contributed by atoms with Gasteiger partial charge in [0.2, 0.25) is 0 Å². The molecule has 1 heterocycles. The van der Waals surface area contributed by atoms with E-state index in [2.05, 4.69) is 25.9 Å². The molecule has 0 radical (unpaired) electrons. The molecule has 5 nitrogen and oxygen atoms in total. The maximum Gasteiger partial charge on any atom is 0.276 e. The summed E-state index contributed by atoms with van der Waals surface area (Å²) < 4.78 is 30.4. The van der Waals surface area contributed by atoms with Gasteiger partial charge in [-0.3, -0.25) is 0 Å². The average molecular weight is 371 g/mol. The Bertz CT molecular complexity index is 777. The van der Waals surface area contributed by atoms with Crippen molar-refractivity contribution in [3.05, 3.63) is 51.9 Å². The minimum Gasteiger partial charge on any atom is -0.466 e. The van der Waals surface area contributed by atoms with Gasteiger partial charge in [0, 0.05) is 10.0 Å². The largest absolute Gasteiger partial charge is 0.466 e. The maximum atomic E-state index is 12.1. The molecule has 1 aromatic carbocycles. The first kappa shape index (κ1) is 15.8. The fourth-order valence-corrected chi connectivity index (χ4v) is 2.97. The van der Waals surface area contributed by atoms with Crippen molar-refractivity contribution in [1.82, 2.24) is 4.83 Å². The van der Waals surface area contributed by atoms with Crippen molar-refractivity contribution >= 4 is 31.7 Å². The van der Waals surface area contributed by atoms with Crippen LogP contribution in [0.3, 0.4) is 0 Å². The van der Waals surface area contributed by atoms with Gasteiger partial charge in [0.15, 0.2) is 0 Å². The predicted molar refractivity (Wildman–Crippen MR) is 84.9 cm³/mol. The van der Waals surface area contributed by atoms with E-state index in [1.807, 2.05) is 19.9 Å². The number of hydrazone groups is 1. The van der Waals surface area contributed by atoms with Gasteiger partial charge in [-0.1, -0.05) is 15.9 Å². The lowest BCUT2D eigenvalue weighted by atomic mass is 10.2. The standard InChI is InChI=1S/C14H15BrN2O3S/c1-9-8-14(11(3)20-9)10(2)16-17-21(18,19)13-6-4-12(15)5-7-13/h4-8,17H,1-3H3/b16-10-. The lowest BCUT2D eigenvalue weighted by Gasteiger charge is -2.05. The zero-order valence-corrected chi connectivity index (χ0v) is 14.2. The summed E-state index contributed by atoms with van der Waals surface area (Å²) in [6.45, 7) is 5.36. The van der Waals surface area contributed by atoms with Crippen molar-refractivity contribution in [2.45, 2.75) is 25.7 Å². The van der Waals surface area contributed by atoms with Crippen LogP contribution in [0.4, 0.5) is 0 Å². The Morgan fingerprint density at radius 3 is 2.38 bits per heavy atom. The number of furan rings is 1. The second-order valence-corrected chi connectivity index (χ2v) is 7.15. The number of hydrogen-bond donors (Lipinski definition) is 1. The first-order valence-electron chi connectivity index (χ1n) is 6.18. The summed E-state index contributed by atoms with van der Waals surface area (Å²) in [5.74, 6) is 1.46. The number of nitrogens with zero attached hydrogens (tertiary/aromatic N) is 1. The van der Waals surface area contributed by atoms with Crippen LogP contribution in [0.2, 0.25) is 0 Å². The molecule has 112 valence electrons. The zero-order valence-electron chi connectivity index (χ0n) is 11.8. The zero-order chi connectivity index (χ0) is 15.6. The molecule has 0 aliphatic rings. The summed E-state index contributed by atoms with van der Waals surface area (Å²) in [5, 5.41) is 3.95. The van der Waals surface area contributed by atoms with E-state index in [0.717, 1.165) is 15.8 Å². The summed E-state index contributed by atoms with van der Waals surface area (Å²) in [4.78, 5) is 2.39. The van der Waals surface area contributed by atoms with Crippen molar-refractivity contribution in [2.75, 3.05) is 0 Å². The number of rotatable bonds is 4. The Morgan fingerprint density at radius 2 is 1.86 bits per heavy atom.